The molecular formula is C20H36N8O6S. The molecule has 1 heterocycles. The van der Waals surface area contributed by atoms with Gasteiger partial charge in [-0.1, -0.05) is 0 Å². The molecule has 15 heteroatoms. The van der Waals surface area contributed by atoms with Crippen LogP contribution in [0.4, 0.5) is 0 Å². The zero-order valence-corrected chi connectivity index (χ0v) is 20.6. The Labute approximate surface area is 208 Å². The van der Waals surface area contributed by atoms with Gasteiger partial charge in [-0.15, -0.1) is 0 Å². The summed E-state index contributed by atoms with van der Waals surface area (Å²) < 4.78 is 0. The molecule has 0 radical (unpaired) electrons. The monoisotopic (exact) mass is 516 g/mol. The second kappa shape index (κ2) is 15.0. The van der Waals surface area contributed by atoms with Crippen LogP contribution in [-0.2, 0) is 24.0 Å². The molecule has 4 atom stereocenters. The number of nitrogens with zero attached hydrogens (tertiary/aromatic N) is 2. The SMILES string of the molecule is CSCCC(NC(=O)C(N)CCCN=C(N)N)C(=O)NC(CC(N)=O)C(=O)N1CCCC1C(=O)O. The highest BCUT2D eigenvalue weighted by atomic mass is 32.2. The topological polar surface area (TPSA) is 249 Å². The first-order chi connectivity index (χ1) is 16.5. The molecule has 1 aliphatic heterocycles. The average molecular weight is 517 g/mol. The van der Waals surface area contributed by atoms with Crippen LogP contribution in [0.15, 0.2) is 4.99 Å². The molecule has 4 amide bonds. The minimum atomic E-state index is -1.36. The van der Waals surface area contributed by atoms with E-state index in [1.165, 1.54) is 11.8 Å². The van der Waals surface area contributed by atoms with Crippen LogP contribution >= 0.6 is 11.8 Å². The number of nitrogens with two attached hydrogens (primary N) is 4. The number of carboxylic acids is 1. The zero-order valence-electron chi connectivity index (χ0n) is 19.8. The van der Waals surface area contributed by atoms with Crippen LogP contribution in [0, 0.1) is 0 Å². The number of aliphatic imine (C=N–C) groups is 1. The van der Waals surface area contributed by atoms with Crippen molar-refractivity contribution >= 4 is 47.3 Å². The van der Waals surface area contributed by atoms with Gasteiger partial charge in [0.1, 0.15) is 18.1 Å². The molecule has 0 spiro atoms. The minimum absolute atomic E-state index is 0.0690. The van der Waals surface area contributed by atoms with E-state index >= 15 is 0 Å². The summed E-state index contributed by atoms with van der Waals surface area (Å²) in [6.45, 7) is 0.479. The molecule has 14 nitrogen and oxygen atoms in total. The normalized spacial score (nSPS) is 17.7. The fourth-order valence-corrected chi connectivity index (χ4v) is 4.07. The number of primary amides is 1. The third kappa shape index (κ3) is 10.4. The number of nitrogens with one attached hydrogen (secondary N) is 2. The molecule has 1 saturated heterocycles. The van der Waals surface area contributed by atoms with E-state index in [9.17, 15) is 29.1 Å². The Bertz CT molecular complexity index is 806. The van der Waals surface area contributed by atoms with E-state index in [1.807, 2.05) is 6.26 Å². The van der Waals surface area contributed by atoms with Crippen molar-refractivity contribution in [2.75, 3.05) is 25.1 Å². The number of likely N-dealkylation sites (tertiary alicyclic amines) is 1. The number of carbonyl (C=O) groups is 5. The number of hydrogen-bond donors (Lipinski definition) is 7. The number of thioether (sulfide) groups is 1. The van der Waals surface area contributed by atoms with Crippen LogP contribution in [0.1, 0.15) is 38.5 Å². The van der Waals surface area contributed by atoms with Gasteiger partial charge in [0.15, 0.2) is 5.96 Å². The summed E-state index contributed by atoms with van der Waals surface area (Å²) in [6.07, 6.45) is 3.02. The fourth-order valence-electron chi connectivity index (χ4n) is 3.59. The molecular weight excluding hydrogens is 480 g/mol. The molecule has 4 unspecified atom stereocenters. The second-order valence-corrected chi connectivity index (χ2v) is 9.14. The lowest BCUT2D eigenvalue weighted by atomic mass is 10.1. The lowest BCUT2D eigenvalue weighted by molar-refractivity contribution is -0.149. The molecule has 35 heavy (non-hydrogen) atoms. The van der Waals surface area contributed by atoms with E-state index in [1.54, 1.807) is 0 Å². The maximum Gasteiger partial charge on any atom is 0.326 e. The maximum atomic E-state index is 13.0. The first kappa shape index (κ1) is 30.0. The first-order valence-electron chi connectivity index (χ1n) is 11.2. The Kier molecular flexibility index (Phi) is 12.9. The maximum absolute atomic E-state index is 13.0. The number of rotatable bonds is 15. The summed E-state index contributed by atoms with van der Waals surface area (Å²) in [4.78, 5) is 66.5. The summed E-state index contributed by atoms with van der Waals surface area (Å²) in [5.74, 6) is -3.56. The van der Waals surface area contributed by atoms with Gasteiger partial charge in [-0.2, -0.15) is 11.8 Å². The molecule has 0 saturated carbocycles. The number of aliphatic carboxylic acids is 1. The highest BCUT2D eigenvalue weighted by Gasteiger charge is 2.38. The molecule has 198 valence electrons. The van der Waals surface area contributed by atoms with Gasteiger partial charge in [-0.05, 0) is 44.1 Å². The predicted molar refractivity (Wildman–Crippen MR) is 131 cm³/mol. The fraction of sp³-hybridized carbons (Fsp3) is 0.700. The van der Waals surface area contributed by atoms with Crippen molar-refractivity contribution in [1.29, 1.82) is 0 Å². The standard InChI is InChI=1S/C20H36N8O6S/c1-35-9-6-12(26-16(30)11(21)4-2-7-25-20(23)24)17(31)27-13(10-15(22)29)18(32)28-8-3-5-14(28)19(33)34/h11-14H,2-10,21H2,1H3,(H2,22,29)(H,26,30)(H,27,31)(H,33,34)(H4,23,24,25). The van der Waals surface area contributed by atoms with Crippen LogP contribution in [0.5, 0.6) is 0 Å². The van der Waals surface area contributed by atoms with Gasteiger partial charge in [-0.25, -0.2) is 4.79 Å². The second-order valence-electron chi connectivity index (χ2n) is 8.16. The van der Waals surface area contributed by atoms with Crippen molar-refractivity contribution in [3.8, 4) is 0 Å². The highest BCUT2D eigenvalue weighted by Crippen LogP contribution is 2.19. The van der Waals surface area contributed by atoms with Crippen LogP contribution in [0.25, 0.3) is 0 Å². The van der Waals surface area contributed by atoms with Gasteiger partial charge >= 0.3 is 5.97 Å². The summed E-state index contributed by atoms with van der Waals surface area (Å²) in [5, 5.41) is 14.4. The predicted octanol–water partition coefficient (Wildman–Crippen LogP) is -2.96. The van der Waals surface area contributed by atoms with Crippen LogP contribution in [0.2, 0.25) is 0 Å². The highest BCUT2D eigenvalue weighted by molar-refractivity contribution is 7.98. The van der Waals surface area contributed by atoms with Gasteiger partial charge in [0.05, 0.1) is 12.5 Å². The van der Waals surface area contributed by atoms with Gasteiger partial charge in [0, 0.05) is 13.1 Å². The third-order valence-corrected chi connectivity index (χ3v) is 6.03. The quantitative estimate of drug-likeness (QED) is 0.0661. The number of carboxylic acid groups (broad SMARTS) is 1. The third-order valence-electron chi connectivity index (χ3n) is 5.39. The molecule has 11 N–H and O–H groups in total. The van der Waals surface area contributed by atoms with Crippen molar-refractivity contribution in [2.45, 2.75) is 62.7 Å². The zero-order chi connectivity index (χ0) is 26.5. The van der Waals surface area contributed by atoms with Gasteiger partial charge < -0.3 is 43.6 Å². The Hall–Kier alpha value is -3.07. The molecule has 0 bridgehead atoms. The summed E-state index contributed by atoms with van der Waals surface area (Å²) >= 11 is 1.45. The molecule has 1 aliphatic rings. The average Bonchev–Trinajstić information content (AvgIpc) is 3.28. The smallest absolute Gasteiger partial charge is 0.326 e. The summed E-state index contributed by atoms with van der Waals surface area (Å²) in [6, 6.07) is -4.35. The van der Waals surface area contributed by atoms with Crippen molar-refractivity contribution < 1.29 is 29.1 Å². The van der Waals surface area contributed by atoms with Crippen molar-refractivity contribution in [1.82, 2.24) is 15.5 Å². The van der Waals surface area contributed by atoms with Crippen molar-refractivity contribution in [3.63, 3.8) is 0 Å². The van der Waals surface area contributed by atoms with Gasteiger partial charge in [-0.3, -0.25) is 24.2 Å². The first-order valence-corrected chi connectivity index (χ1v) is 12.6. The molecule has 1 rings (SSSR count). The molecule has 1 fully saturated rings. The number of hydrogen-bond acceptors (Lipinski definition) is 8. The van der Waals surface area contributed by atoms with Gasteiger partial charge in [0.25, 0.3) is 0 Å². The van der Waals surface area contributed by atoms with Crippen LogP contribution < -0.4 is 33.6 Å². The lowest BCUT2D eigenvalue weighted by Crippen LogP contribution is -2.57. The minimum Gasteiger partial charge on any atom is -0.480 e. The summed E-state index contributed by atoms with van der Waals surface area (Å²) in [5.41, 5.74) is 21.7. The summed E-state index contributed by atoms with van der Waals surface area (Å²) in [7, 11) is 0. The van der Waals surface area contributed by atoms with E-state index in [4.69, 9.17) is 22.9 Å². The molecule has 0 aliphatic carbocycles. The number of carbonyl (C=O) groups excluding carboxylic acids is 4. The van der Waals surface area contributed by atoms with E-state index in [-0.39, 0.29) is 31.8 Å². The number of amides is 4. The van der Waals surface area contributed by atoms with E-state index < -0.39 is 60.2 Å². The van der Waals surface area contributed by atoms with E-state index in [2.05, 4.69) is 15.6 Å². The Balaban J connectivity index is 2.89. The van der Waals surface area contributed by atoms with E-state index in [0.717, 1.165) is 4.90 Å². The van der Waals surface area contributed by atoms with Crippen molar-refractivity contribution in [2.24, 2.45) is 27.9 Å². The van der Waals surface area contributed by atoms with Gasteiger partial charge in [0.2, 0.25) is 23.6 Å². The van der Waals surface area contributed by atoms with E-state index in [0.29, 0.717) is 25.1 Å². The molecule has 0 aromatic carbocycles. The Morgan fingerprint density at radius 3 is 2.31 bits per heavy atom. The lowest BCUT2D eigenvalue weighted by Gasteiger charge is -2.28. The van der Waals surface area contributed by atoms with Crippen LogP contribution in [0.3, 0.4) is 0 Å². The van der Waals surface area contributed by atoms with Crippen LogP contribution in [-0.4, -0.2) is 94.8 Å². The largest absolute Gasteiger partial charge is 0.480 e. The molecule has 0 aromatic rings. The Morgan fingerprint density at radius 2 is 1.74 bits per heavy atom. The van der Waals surface area contributed by atoms with Crippen molar-refractivity contribution in [3.05, 3.63) is 0 Å². The molecule has 0 aromatic heterocycles. The Morgan fingerprint density at radius 1 is 1.09 bits per heavy atom. The number of guanidine groups is 1.